The lowest BCUT2D eigenvalue weighted by atomic mass is 10.2. The van der Waals surface area contributed by atoms with E-state index in [0.717, 1.165) is 0 Å². The summed E-state index contributed by atoms with van der Waals surface area (Å²) in [6.07, 6.45) is -4.52. The molecule has 0 radical (unpaired) electrons. The van der Waals surface area contributed by atoms with Gasteiger partial charge in [-0.2, -0.15) is 23.5 Å². The molecule has 0 atom stereocenters. The van der Waals surface area contributed by atoms with E-state index in [2.05, 4.69) is 9.84 Å². The highest BCUT2D eigenvalue weighted by Crippen LogP contribution is 2.24. The molecular formula is C14H10F5N3O2. The molecule has 0 bridgehead atoms. The summed E-state index contributed by atoms with van der Waals surface area (Å²) in [4.78, 5) is 11.1. The van der Waals surface area contributed by atoms with Gasteiger partial charge in [0.2, 0.25) is 0 Å². The van der Waals surface area contributed by atoms with E-state index in [9.17, 15) is 26.7 Å². The van der Waals surface area contributed by atoms with Gasteiger partial charge >= 0.3 is 12.1 Å². The summed E-state index contributed by atoms with van der Waals surface area (Å²) in [6.45, 7) is 1.29. The number of rotatable bonds is 5. The number of hydrogen-bond donors (Lipinski definition) is 1. The molecule has 0 unspecified atom stereocenters. The van der Waals surface area contributed by atoms with Crippen molar-refractivity contribution in [2.45, 2.75) is 13.1 Å². The smallest absolute Gasteiger partial charge is 0.418 e. The van der Waals surface area contributed by atoms with E-state index in [1.54, 1.807) is 0 Å². The fraction of sp³-hybridized carbons (Fsp3) is 0.214. The monoisotopic (exact) mass is 347 g/mol. The highest BCUT2D eigenvalue weighted by atomic mass is 19.4. The number of nitriles is 1. The van der Waals surface area contributed by atoms with Gasteiger partial charge in [-0.1, -0.05) is 0 Å². The minimum absolute atomic E-state index is 0.119. The molecule has 1 aromatic rings. The molecule has 0 aliphatic heterocycles. The summed E-state index contributed by atoms with van der Waals surface area (Å²) in [5.74, 6) is -3.39. The molecule has 24 heavy (non-hydrogen) atoms. The Bertz CT molecular complexity index is 720. The van der Waals surface area contributed by atoms with Gasteiger partial charge in [0.15, 0.2) is 0 Å². The molecule has 0 heterocycles. The van der Waals surface area contributed by atoms with Crippen molar-refractivity contribution in [2.24, 2.45) is 5.10 Å². The van der Waals surface area contributed by atoms with Gasteiger partial charge in [0.05, 0.1) is 29.6 Å². The molecule has 0 saturated heterocycles. The van der Waals surface area contributed by atoms with E-state index in [0.29, 0.717) is 12.1 Å². The van der Waals surface area contributed by atoms with Crippen LogP contribution in [-0.2, 0) is 9.53 Å². The zero-order valence-corrected chi connectivity index (χ0v) is 12.1. The lowest BCUT2D eigenvalue weighted by molar-refractivity contribution is -0.138. The second-order valence-electron chi connectivity index (χ2n) is 4.14. The number of hydrogen-bond acceptors (Lipinski definition) is 5. The maximum absolute atomic E-state index is 13.5. The first-order valence-electron chi connectivity index (χ1n) is 6.33. The number of carbonyl (C=O) groups is 1. The third-order valence-corrected chi connectivity index (χ3v) is 2.45. The molecule has 128 valence electrons. The molecule has 0 aliphatic rings. The van der Waals surface area contributed by atoms with Gasteiger partial charge in [0, 0.05) is 12.1 Å². The van der Waals surface area contributed by atoms with Crippen LogP contribution in [0, 0.1) is 23.0 Å². The van der Waals surface area contributed by atoms with Crippen molar-refractivity contribution in [1.82, 2.24) is 0 Å². The number of esters is 1. The van der Waals surface area contributed by atoms with Crippen molar-refractivity contribution in [3.05, 3.63) is 41.0 Å². The summed E-state index contributed by atoms with van der Waals surface area (Å²) >= 11 is 0. The van der Waals surface area contributed by atoms with E-state index >= 15 is 0 Å². The number of nitrogens with zero attached hydrogens (tertiary/aromatic N) is 2. The van der Waals surface area contributed by atoms with Gasteiger partial charge in [-0.15, -0.1) is 0 Å². The SMILES string of the molecule is CCOC(=O)/C=C(\C=N\Nc1cc(F)c(C#N)cc1F)C(F)(F)F. The second-order valence-corrected chi connectivity index (χ2v) is 4.14. The molecule has 0 amide bonds. The van der Waals surface area contributed by atoms with Crippen LogP contribution in [0.2, 0.25) is 0 Å². The van der Waals surface area contributed by atoms with Crippen molar-refractivity contribution >= 4 is 17.9 Å². The highest BCUT2D eigenvalue weighted by molar-refractivity contribution is 5.92. The standard InChI is InChI=1S/C14H10F5N3O2/c1-2-24-13(23)4-9(14(17,18)19)7-21-22-12-5-10(15)8(6-20)3-11(12)16/h3-5,7,22H,2H2,1H3/b9-4+,21-7+. The van der Waals surface area contributed by atoms with Crippen LogP contribution in [0.5, 0.6) is 0 Å². The number of hydrazone groups is 1. The lowest BCUT2D eigenvalue weighted by Gasteiger charge is -2.07. The number of halogens is 5. The van der Waals surface area contributed by atoms with Crippen LogP contribution >= 0.6 is 0 Å². The second kappa shape index (κ2) is 8.05. The first kappa shape index (κ1) is 19.1. The van der Waals surface area contributed by atoms with Crippen LogP contribution < -0.4 is 5.43 Å². The predicted octanol–water partition coefficient (Wildman–Crippen LogP) is 3.29. The topological polar surface area (TPSA) is 74.5 Å². The third-order valence-electron chi connectivity index (χ3n) is 2.45. The molecule has 1 rings (SSSR count). The quantitative estimate of drug-likeness (QED) is 0.292. The molecule has 0 aromatic heterocycles. The van der Waals surface area contributed by atoms with Crippen LogP contribution in [0.25, 0.3) is 0 Å². The maximum atomic E-state index is 13.5. The summed E-state index contributed by atoms with van der Waals surface area (Å²) in [5, 5.41) is 11.6. The normalized spacial score (nSPS) is 12.1. The van der Waals surface area contributed by atoms with E-state index in [1.807, 2.05) is 5.43 Å². The molecule has 10 heteroatoms. The minimum atomic E-state index is -4.91. The predicted molar refractivity (Wildman–Crippen MR) is 74.0 cm³/mol. The fourth-order valence-corrected chi connectivity index (χ4v) is 1.39. The minimum Gasteiger partial charge on any atom is -0.463 e. The Morgan fingerprint density at radius 1 is 1.38 bits per heavy atom. The summed E-state index contributed by atoms with van der Waals surface area (Å²) in [6, 6.07) is 2.53. The number of ether oxygens (including phenoxy) is 1. The third kappa shape index (κ3) is 5.35. The Kier molecular flexibility index (Phi) is 6.40. The van der Waals surface area contributed by atoms with Crippen LogP contribution in [-0.4, -0.2) is 25.0 Å². The molecule has 5 nitrogen and oxygen atoms in total. The Balaban J connectivity index is 2.99. The molecule has 0 saturated carbocycles. The van der Waals surface area contributed by atoms with E-state index in [1.165, 1.54) is 13.0 Å². The summed E-state index contributed by atoms with van der Waals surface area (Å²) in [7, 11) is 0. The highest BCUT2D eigenvalue weighted by Gasteiger charge is 2.33. The van der Waals surface area contributed by atoms with Crippen molar-refractivity contribution in [1.29, 1.82) is 5.26 Å². The Morgan fingerprint density at radius 2 is 2.04 bits per heavy atom. The van der Waals surface area contributed by atoms with Crippen molar-refractivity contribution in [2.75, 3.05) is 12.0 Å². The molecular weight excluding hydrogens is 337 g/mol. The largest absolute Gasteiger partial charge is 0.463 e. The first-order chi connectivity index (χ1) is 11.2. The Hall–Kier alpha value is -2.96. The van der Waals surface area contributed by atoms with E-state index < -0.39 is 40.6 Å². The lowest BCUT2D eigenvalue weighted by Crippen LogP contribution is -2.16. The molecule has 0 fully saturated rings. The fourth-order valence-electron chi connectivity index (χ4n) is 1.39. The average molecular weight is 347 g/mol. The number of allylic oxidation sites excluding steroid dienone is 1. The molecule has 1 N–H and O–H groups in total. The average Bonchev–Trinajstić information content (AvgIpc) is 2.48. The number of alkyl halides is 3. The first-order valence-corrected chi connectivity index (χ1v) is 6.33. The van der Waals surface area contributed by atoms with Crippen LogP contribution in [0.4, 0.5) is 27.6 Å². The summed E-state index contributed by atoms with van der Waals surface area (Å²) in [5.41, 5.74) is -0.743. The van der Waals surface area contributed by atoms with Crippen LogP contribution in [0.15, 0.2) is 28.9 Å². The number of nitrogens with one attached hydrogen (secondary N) is 1. The van der Waals surface area contributed by atoms with Crippen LogP contribution in [0.1, 0.15) is 12.5 Å². The zero-order valence-electron chi connectivity index (χ0n) is 12.1. The van der Waals surface area contributed by atoms with E-state index in [4.69, 9.17) is 5.26 Å². The van der Waals surface area contributed by atoms with Crippen molar-refractivity contribution in [3.63, 3.8) is 0 Å². The molecule has 1 aromatic carbocycles. The van der Waals surface area contributed by atoms with Gasteiger partial charge in [-0.05, 0) is 13.0 Å². The van der Waals surface area contributed by atoms with Gasteiger partial charge < -0.3 is 4.74 Å². The van der Waals surface area contributed by atoms with Gasteiger partial charge in [0.1, 0.15) is 17.7 Å². The van der Waals surface area contributed by atoms with Gasteiger partial charge in [-0.25, -0.2) is 13.6 Å². The van der Waals surface area contributed by atoms with Gasteiger partial charge in [0.25, 0.3) is 0 Å². The van der Waals surface area contributed by atoms with Crippen molar-refractivity contribution in [3.8, 4) is 6.07 Å². The number of carbonyl (C=O) groups excluding carboxylic acids is 1. The Labute approximate surface area is 133 Å². The van der Waals surface area contributed by atoms with Crippen molar-refractivity contribution < 1.29 is 31.5 Å². The van der Waals surface area contributed by atoms with E-state index in [-0.39, 0.29) is 18.9 Å². The van der Waals surface area contributed by atoms with Gasteiger partial charge in [-0.3, -0.25) is 5.43 Å². The Morgan fingerprint density at radius 3 is 2.58 bits per heavy atom. The number of anilines is 1. The van der Waals surface area contributed by atoms with Crippen LogP contribution in [0.3, 0.4) is 0 Å². The summed E-state index contributed by atoms with van der Waals surface area (Å²) < 4.78 is 69.4. The molecule has 0 aliphatic carbocycles. The number of benzene rings is 1. The zero-order chi connectivity index (χ0) is 18.3. The maximum Gasteiger partial charge on any atom is 0.418 e. The molecule has 0 spiro atoms.